The third-order valence-electron chi connectivity index (χ3n) is 1.81. The average Bonchev–Trinajstić information content (AvgIpc) is 2.17. The predicted octanol–water partition coefficient (Wildman–Crippen LogP) is 2.80. The maximum atomic E-state index is 11.5. The van der Waals surface area contributed by atoms with Gasteiger partial charge >= 0.3 is 5.97 Å². The number of hydrogen-bond acceptors (Lipinski definition) is 3. The molecule has 76 valence electrons. The molecule has 1 aromatic heterocycles. The van der Waals surface area contributed by atoms with Crippen molar-refractivity contribution in [2.45, 2.75) is 26.4 Å². The van der Waals surface area contributed by atoms with Crippen LogP contribution in [0.25, 0.3) is 0 Å². The second-order valence-corrected chi connectivity index (χ2v) is 3.78. The van der Waals surface area contributed by atoms with Crippen LogP contribution in [-0.2, 0) is 4.74 Å². The lowest BCUT2D eigenvalue weighted by Crippen LogP contribution is -2.15. The molecule has 0 amide bonds. The van der Waals surface area contributed by atoms with E-state index in [4.69, 9.17) is 4.74 Å². The molecule has 1 aromatic rings. The highest BCUT2D eigenvalue weighted by molar-refractivity contribution is 9.10. The van der Waals surface area contributed by atoms with E-state index < -0.39 is 0 Å². The van der Waals surface area contributed by atoms with E-state index in [0.29, 0.717) is 10.3 Å². The van der Waals surface area contributed by atoms with Gasteiger partial charge < -0.3 is 4.74 Å². The number of carbonyl (C=O) groups excluding carboxylic acids is 1. The summed E-state index contributed by atoms with van der Waals surface area (Å²) in [6, 6.07) is 5.15. The molecule has 0 saturated heterocycles. The summed E-state index contributed by atoms with van der Waals surface area (Å²) in [5, 5.41) is 0. The Bertz CT molecular complexity index is 328. The Morgan fingerprint density at radius 3 is 2.93 bits per heavy atom. The fourth-order valence-corrected chi connectivity index (χ4v) is 1.19. The van der Waals surface area contributed by atoms with Crippen molar-refractivity contribution >= 4 is 21.9 Å². The van der Waals surface area contributed by atoms with Gasteiger partial charge in [-0.05, 0) is 41.4 Å². The van der Waals surface area contributed by atoms with Gasteiger partial charge in [-0.2, -0.15) is 0 Å². The maximum absolute atomic E-state index is 11.5. The summed E-state index contributed by atoms with van der Waals surface area (Å²) in [6.07, 6.45) is 0.739. The van der Waals surface area contributed by atoms with Gasteiger partial charge in [0.15, 0.2) is 0 Å². The van der Waals surface area contributed by atoms with Crippen LogP contribution in [-0.4, -0.2) is 17.1 Å². The summed E-state index contributed by atoms with van der Waals surface area (Å²) in [5.74, 6) is -0.374. The minimum atomic E-state index is -0.374. The summed E-state index contributed by atoms with van der Waals surface area (Å²) in [4.78, 5) is 15.5. The van der Waals surface area contributed by atoms with E-state index in [1.54, 1.807) is 18.2 Å². The van der Waals surface area contributed by atoms with Crippen LogP contribution in [0.5, 0.6) is 0 Å². The molecule has 0 aliphatic heterocycles. The van der Waals surface area contributed by atoms with Crippen molar-refractivity contribution in [1.82, 2.24) is 4.98 Å². The second-order valence-electron chi connectivity index (χ2n) is 2.97. The summed E-state index contributed by atoms with van der Waals surface area (Å²) < 4.78 is 5.75. The van der Waals surface area contributed by atoms with Gasteiger partial charge in [0.25, 0.3) is 0 Å². The zero-order chi connectivity index (χ0) is 10.6. The van der Waals surface area contributed by atoms with Crippen LogP contribution in [0.4, 0.5) is 0 Å². The average molecular weight is 258 g/mol. The summed E-state index contributed by atoms with van der Waals surface area (Å²) in [6.45, 7) is 3.82. The molecule has 3 nitrogen and oxygen atoms in total. The monoisotopic (exact) mass is 257 g/mol. The molecule has 0 saturated carbocycles. The first-order valence-corrected chi connectivity index (χ1v) is 5.26. The molecule has 0 bridgehead atoms. The fourth-order valence-electron chi connectivity index (χ4n) is 0.848. The van der Waals surface area contributed by atoms with Crippen LogP contribution in [0.1, 0.15) is 30.8 Å². The zero-order valence-electron chi connectivity index (χ0n) is 8.16. The maximum Gasteiger partial charge on any atom is 0.357 e. The number of esters is 1. The van der Waals surface area contributed by atoms with E-state index in [0.717, 1.165) is 6.42 Å². The molecular formula is C10H12BrNO2. The van der Waals surface area contributed by atoms with Crippen molar-refractivity contribution in [3.05, 3.63) is 28.5 Å². The van der Waals surface area contributed by atoms with Gasteiger partial charge in [0, 0.05) is 0 Å². The van der Waals surface area contributed by atoms with Crippen molar-refractivity contribution < 1.29 is 9.53 Å². The number of rotatable bonds is 3. The number of pyridine rings is 1. The van der Waals surface area contributed by atoms with Gasteiger partial charge in [-0.3, -0.25) is 0 Å². The van der Waals surface area contributed by atoms with E-state index in [9.17, 15) is 4.79 Å². The predicted molar refractivity (Wildman–Crippen MR) is 57.1 cm³/mol. The highest BCUT2D eigenvalue weighted by Gasteiger charge is 2.11. The molecule has 1 rings (SSSR count). The Kier molecular flexibility index (Phi) is 4.07. The SMILES string of the molecule is CCC(C)OC(=O)c1cccc(Br)n1. The van der Waals surface area contributed by atoms with E-state index >= 15 is 0 Å². The van der Waals surface area contributed by atoms with Crippen molar-refractivity contribution in [3.8, 4) is 0 Å². The lowest BCUT2D eigenvalue weighted by atomic mass is 10.3. The molecule has 14 heavy (non-hydrogen) atoms. The minimum absolute atomic E-state index is 0.0664. The number of ether oxygens (including phenoxy) is 1. The number of carbonyl (C=O) groups is 1. The van der Waals surface area contributed by atoms with Crippen LogP contribution in [0, 0.1) is 0 Å². The minimum Gasteiger partial charge on any atom is -0.458 e. The smallest absolute Gasteiger partial charge is 0.357 e. The van der Waals surface area contributed by atoms with Crippen LogP contribution in [0.2, 0.25) is 0 Å². The Morgan fingerprint density at radius 2 is 2.36 bits per heavy atom. The Hall–Kier alpha value is -0.900. The molecule has 0 radical (unpaired) electrons. The second kappa shape index (κ2) is 5.10. The normalized spacial score (nSPS) is 12.2. The van der Waals surface area contributed by atoms with Gasteiger partial charge in [0.05, 0.1) is 6.10 Å². The van der Waals surface area contributed by atoms with E-state index in [-0.39, 0.29) is 12.1 Å². The zero-order valence-corrected chi connectivity index (χ0v) is 9.74. The molecule has 1 heterocycles. The lowest BCUT2D eigenvalue weighted by molar-refractivity contribution is 0.0327. The van der Waals surface area contributed by atoms with Crippen LogP contribution in [0.3, 0.4) is 0 Å². The van der Waals surface area contributed by atoms with Crippen molar-refractivity contribution in [3.63, 3.8) is 0 Å². The quantitative estimate of drug-likeness (QED) is 0.618. The highest BCUT2D eigenvalue weighted by Crippen LogP contribution is 2.08. The van der Waals surface area contributed by atoms with Crippen molar-refractivity contribution in [1.29, 1.82) is 0 Å². The first-order valence-electron chi connectivity index (χ1n) is 4.47. The third kappa shape index (κ3) is 3.10. The Balaban J connectivity index is 2.70. The molecule has 0 aromatic carbocycles. The third-order valence-corrected chi connectivity index (χ3v) is 2.25. The molecule has 1 unspecified atom stereocenters. The van der Waals surface area contributed by atoms with Gasteiger partial charge in [-0.25, -0.2) is 9.78 Å². The molecule has 0 aliphatic rings. The van der Waals surface area contributed by atoms with Crippen molar-refractivity contribution in [2.75, 3.05) is 0 Å². The van der Waals surface area contributed by atoms with Crippen LogP contribution >= 0.6 is 15.9 Å². The molecule has 0 N–H and O–H groups in total. The first kappa shape index (κ1) is 11.2. The molecule has 1 atom stereocenters. The first-order chi connectivity index (χ1) is 6.63. The largest absolute Gasteiger partial charge is 0.458 e. The van der Waals surface area contributed by atoms with Crippen molar-refractivity contribution in [2.24, 2.45) is 0 Å². The standard InChI is InChI=1S/C10H12BrNO2/c1-3-7(2)14-10(13)8-5-4-6-9(11)12-8/h4-7H,3H2,1-2H3. The van der Waals surface area contributed by atoms with Gasteiger partial charge in [-0.15, -0.1) is 0 Å². The van der Waals surface area contributed by atoms with Crippen LogP contribution in [0.15, 0.2) is 22.8 Å². The molecule has 0 fully saturated rings. The van der Waals surface area contributed by atoms with Gasteiger partial charge in [-0.1, -0.05) is 13.0 Å². The molecule has 4 heteroatoms. The van der Waals surface area contributed by atoms with E-state index in [2.05, 4.69) is 20.9 Å². The summed E-state index contributed by atoms with van der Waals surface area (Å²) in [5.41, 5.74) is 0.333. The van der Waals surface area contributed by atoms with Gasteiger partial charge in [0.1, 0.15) is 10.3 Å². The molecule has 0 spiro atoms. The highest BCUT2D eigenvalue weighted by atomic mass is 79.9. The lowest BCUT2D eigenvalue weighted by Gasteiger charge is -2.09. The van der Waals surface area contributed by atoms with Gasteiger partial charge in [0.2, 0.25) is 0 Å². The molecule has 0 aliphatic carbocycles. The fraction of sp³-hybridized carbons (Fsp3) is 0.400. The molecular weight excluding hydrogens is 246 g/mol. The van der Waals surface area contributed by atoms with Crippen LogP contribution < -0.4 is 0 Å². The van der Waals surface area contributed by atoms with E-state index in [1.807, 2.05) is 13.8 Å². The Labute approximate surface area is 91.6 Å². The Morgan fingerprint density at radius 1 is 1.64 bits per heavy atom. The number of nitrogens with zero attached hydrogens (tertiary/aromatic N) is 1. The number of aromatic nitrogens is 1. The van der Waals surface area contributed by atoms with E-state index in [1.165, 1.54) is 0 Å². The number of hydrogen-bond donors (Lipinski definition) is 0. The number of halogens is 1. The summed E-state index contributed by atoms with van der Waals surface area (Å²) >= 11 is 3.19. The topological polar surface area (TPSA) is 39.2 Å². The summed E-state index contributed by atoms with van der Waals surface area (Å²) in [7, 11) is 0.